The number of esters is 1. The summed E-state index contributed by atoms with van der Waals surface area (Å²) in [5, 5.41) is 10.1. The first-order chi connectivity index (χ1) is 9.72. The summed E-state index contributed by atoms with van der Waals surface area (Å²) in [5.74, 6) is -0.330. The number of carbonyl (C=O) groups excluding carboxylic acids is 1. The molecule has 2 rings (SSSR count). The first-order valence-electron chi connectivity index (χ1n) is 7.61. The first kappa shape index (κ1) is 15.0. The van der Waals surface area contributed by atoms with Crippen LogP contribution >= 0.6 is 0 Å². The standard InChI is InChI=1S/C17H24O3/c1-2-20-17(19)16-14(9-6-10-15(16)18)12-11-13-7-4-3-5-8-13/h3-5,7-8,14-16,18H,2,6,9-12H2,1H3/t14-,15-,16+/m1/s1. The molecule has 1 saturated carbocycles. The van der Waals surface area contributed by atoms with Crippen LogP contribution in [0, 0.1) is 11.8 Å². The summed E-state index contributed by atoms with van der Waals surface area (Å²) in [6, 6.07) is 10.3. The second-order valence-corrected chi connectivity index (χ2v) is 5.56. The Labute approximate surface area is 121 Å². The summed E-state index contributed by atoms with van der Waals surface area (Å²) in [4.78, 5) is 12.0. The Morgan fingerprint density at radius 2 is 2.05 bits per heavy atom. The number of hydrogen-bond acceptors (Lipinski definition) is 3. The second kappa shape index (κ2) is 7.44. The molecule has 3 atom stereocenters. The number of aliphatic hydroxyl groups is 1. The van der Waals surface area contributed by atoms with E-state index in [9.17, 15) is 9.90 Å². The van der Waals surface area contributed by atoms with Gasteiger partial charge >= 0.3 is 5.97 Å². The smallest absolute Gasteiger partial charge is 0.311 e. The Balaban J connectivity index is 1.97. The molecule has 0 aliphatic heterocycles. The zero-order chi connectivity index (χ0) is 14.4. The molecule has 1 aliphatic carbocycles. The van der Waals surface area contributed by atoms with Crippen LogP contribution in [0.15, 0.2) is 30.3 Å². The molecule has 0 aromatic heterocycles. The summed E-state index contributed by atoms with van der Waals surface area (Å²) in [6.07, 6.45) is 4.07. The van der Waals surface area contributed by atoms with Gasteiger partial charge in [0, 0.05) is 0 Å². The predicted molar refractivity (Wildman–Crippen MR) is 78.2 cm³/mol. The number of aliphatic hydroxyl groups excluding tert-OH is 1. The van der Waals surface area contributed by atoms with Crippen LogP contribution in [0.5, 0.6) is 0 Å². The number of carbonyl (C=O) groups is 1. The van der Waals surface area contributed by atoms with Gasteiger partial charge in [-0.25, -0.2) is 0 Å². The average Bonchev–Trinajstić information content (AvgIpc) is 2.46. The molecule has 1 aromatic rings. The number of ether oxygens (including phenoxy) is 1. The van der Waals surface area contributed by atoms with Crippen molar-refractivity contribution in [2.75, 3.05) is 6.61 Å². The van der Waals surface area contributed by atoms with Crippen molar-refractivity contribution in [3.05, 3.63) is 35.9 Å². The van der Waals surface area contributed by atoms with Crippen molar-refractivity contribution in [2.45, 2.75) is 45.1 Å². The van der Waals surface area contributed by atoms with Gasteiger partial charge in [-0.1, -0.05) is 36.8 Å². The van der Waals surface area contributed by atoms with Crippen molar-refractivity contribution < 1.29 is 14.6 Å². The number of hydrogen-bond donors (Lipinski definition) is 1. The molecule has 1 aliphatic rings. The van der Waals surface area contributed by atoms with E-state index in [1.54, 1.807) is 0 Å². The molecule has 3 heteroatoms. The van der Waals surface area contributed by atoms with Gasteiger partial charge < -0.3 is 9.84 Å². The topological polar surface area (TPSA) is 46.5 Å². The van der Waals surface area contributed by atoms with E-state index in [1.165, 1.54) is 5.56 Å². The molecule has 110 valence electrons. The van der Waals surface area contributed by atoms with Crippen LogP contribution in [0.25, 0.3) is 0 Å². The van der Waals surface area contributed by atoms with Gasteiger partial charge in [0.1, 0.15) is 0 Å². The van der Waals surface area contributed by atoms with E-state index in [0.717, 1.165) is 25.7 Å². The Kier molecular flexibility index (Phi) is 5.60. The summed E-state index contributed by atoms with van der Waals surface area (Å²) < 4.78 is 5.14. The van der Waals surface area contributed by atoms with Gasteiger partial charge in [0.2, 0.25) is 0 Å². The van der Waals surface area contributed by atoms with Crippen molar-refractivity contribution in [1.82, 2.24) is 0 Å². The maximum Gasteiger partial charge on any atom is 0.311 e. The number of rotatable bonds is 5. The van der Waals surface area contributed by atoms with Crippen molar-refractivity contribution in [1.29, 1.82) is 0 Å². The zero-order valence-corrected chi connectivity index (χ0v) is 12.1. The highest BCUT2D eigenvalue weighted by atomic mass is 16.5. The minimum absolute atomic E-state index is 0.224. The highest BCUT2D eigenvalue weighted by molar-refractivity contribution is 5.73. The van der Waals surface area contributed by atoms with Crippen molar-refractivity contribution in [3.63, 3.8) is 0 Å². The van der Waals surface area contributed by atoms with Crippen LogP contribution in [0.4, 0.5) is 0 Å². The molecule has 0 saturated heterocycles. The van der Waals surface area contributed by atoms with Gasteiger partial charge in [0.05, 0.1) is 18.6 Å². The highest BCUT2D eigenvalue weighted by Crippen LogP contribution is 2.34. The second-order valence-electron chi connectivity index (χ2n) is 5.56. The van der Waals surface area contributed by atoms with Gasteiger partial charge in [-0.05, 0) is 44.1 Å². The lowest BCUT2D eigenvalue weighted by Gasteiger charge is -2.33. The fourth-order valence-corrected chi connectivity index (χ4v) is 3.17. The molecule has 1 aromatic carbocycles. The molecular weight excluding hydrogens is 252 g/mol. The minimum atomic E-state index is -0.538. The summed E-state index contributed by atoms with van der Waals surface area (Å²) in [5.41, 5.74) is 1.29. The maximum atomic E-state index is 12.0. The number of benzene rings is 1. The van der Waals surface area contributed by atoms with Crippen LogP contribution in [0.1, 0.15) is 38.2 Å². The Bertz CT molecular complexity index is 416. The molecule has 0 spiro atoms. The third-order valence-electron chi connectivity index (χ3n) is 4.20. The van der Waals surface area contributed by atoms with Crippen molar-refractivity contribution in [2.24, 2.45) is 11.8 Å². The summed E-state index contributed by atoms with van der Waals surface area (Å²) >= 11 is 0. The quantitative estimate of drug-likeness (QED) is 0.841. The molecule has 0 bridgehead atoms. The van der Waals surface area contributed by atoms with E-state index in [-0.39, 0.29) is 17.8 Å². The monoisotopic (exact) mass is 276 g/mol. The maximum absolute atomic E-state index is 12.0. The van der Waals surface area contributed by atoms with Gasteiger partial charge in [0.25, 0.3) is 0 Å². The van der Waals surface area contributed by atoms with E-state index in [2.05, 4.69) is 12.1 Å². The Hall–Kier alpha value is -1.35. The molecule has 0 heterocycles. The predicted octanol–water partition coefficient (Wildman–Crippen LogP) is 2.96. The highest BCUT2D eigenvalue weighted by Gasteiger charge is 2.38. The molecule has 1 fully saturated rings. The Morgan fingerprint density at radius 1 is 1.30 bits per heavy atom. The van der Waals surface area contributed by atoms with Crippen LogP contribution in [0.3, 0.4) is 0 Å². The van der Waals surface area contributed by atoms with E-state index in [1.807, 2.05) is 25.1 Å². The van der Waals surface area contributed by atoms with Crippen LogP contribution in [-0.4, -0.2) is 23.8 Å². The SMILES string of the molecule is CCOC(=O)[C@H]1[C@@H](CCc2ccccc2)CCC[C@H]1O. The fraction of sp³-hybridized carbons (Fsp3) is 0.588. The number of aryl methyl sites for hydroxylation is 1. The zero-order valence-electron chi connectivity index (χ0n) is 12.1. The lowest BCUT2D eigenvalue weighted by molar-refractivity contribution is -0.157. The van der Waals surface area contributed by atoms with Gasteiger partial charge in [-0.2, -0.15) is 0 Å². The van der Waals surface area contributed by atoms with Crippen molar-refractivity contribution in [3.8, 4) is 0 Å². The van der Waals surface area contributed by atoms with Crippen molar-refractivity contribution >= 4 is 5.97 Å². The molecule has 20 heavy (non-hydrogen) atoms. The van der Waals surface area contributed by atoms with E-state index in [0.29, 0.717) is 13.0 Å². The van der Waals surface area contributed by atoms with E-state index >= 15 is 0 Å². The molecule has 3 nitrogen and oxygen atoms in total. The summed E-state index contributed by atoms with van der Waals surface area (Å²) in [6.45, 7) is 2.19. The van der Waals surface area contributed by atoms with Gasteiger partial charge in [-0.15, -0.1) is 0 Å². The largest absolute Gasteiger partial charge is 0.466 e. The minimum Gasteiger partial charge on any atom is -0.466 e. The van der Waals surface area contributed by atoms with Gasteiger partial charge in [0.15, 0.2) is 0 Å². The molecule has 0 radical (unpaired) electrons. The Morgan fingerprint density at radius 3 is 2.75 bits per heavy atom. The lowest BCUT2D eigenvalue weighted by atomic mass is 9.74. The molecular formula is C17H24O3. The van der Waals surface area contributed by atoms with Crippen LogP contribution < -0.4 is 0 Å². The summed E-state index contributed by atoms with van der Waals surface area (Å²) in [7, 11) is 0. The third-order valence-corrected chi connectivity index (χ3v) is 4.20. The molecule has 0 unspecified atom stereocenters. The fourth-order valence-electron chi connectivity index (χ4n) is 3.17. The lowest BCUT2D eigenvalue weighted by Crippen LogP contribution is -2.39. The third kappa shape index (κ3) is 3.83. The van der Waals surface area contributed by atoms with Gasteiger partial charge in [-0.3, -0.25) is 4.79 Å². The normalized spacial score (nSPS) is 26.2. The molecule has 1 N–H and O–H groups in total. The average molecular weight is 276 g/mol. The van der Waals surface area contributed by atoms with Crippen LogP contribution in [-0.2, 0) is 16.0 Å². The van der Waals surface area contributed by atoms with E-state index < -0.39 is 6.10 Å². The molecule has 0 amide bonds. The van der Waals surface area contributed by atoms with E-state index in [4.69, 9.17) is 4.74 Å². The first-order valence-corrected chi connectivity index (χ1v) is 7.61. The van der Waals surface area contributed by atoms with Crippen LogP contribution in [0.2, 0.25) is 0 Å².